The maximum atomic E-state index is 13.5. The van der Waals surface area contributed by atoms with E-state index in [4.69, 9.17) is 28.8 Å². The highest BCUT2D eigenvalue weighted by molar-refractivity contribution is 6.09. The predicted octanol–water partition coefficient (Wildman–Crippen LogP) is 2.38. The lowest BCUT2D eigenvalue weighted by Gasteiger charge is -2.30. The number of benzene rings is 2. The van der Waals surface area contributed by atoms with E-state index in [2.05, 4.69) is 25.8 Å². The molecular weight excluding hydrogens is 831 g/mol. The highest BCUT2D eigenvalue weighted by atomic mass is 16.5. The molecule has 1 aliphatic heterocycles. The molecule has 7 rings (SSSR count). The quantitative estimate of drug-likeness (QED) is 0.0567. The van der Waals surface area contributed by atoms with Crippen LogP contribution in [0.1, 0.15) is 58.4 Å². The SMILES string of the molecule is COc1cc(-c2cn(C)c(=O)c3cnccc23)cc(OC)c1CN(C)C12CC1(NC(=O)CCOCCOCCNc1cccc(C=O)c1C(=O)N(C)C1CCC(=O)NC1=O)C2.O=CO. The van der Waals surface area contributed by atoms with Gasteiger partial charge < -0.3 is 44.2 Å². The number of piperidine rings is 1. The molecule has 4 N–H and O–H groups in total. The maximum Gasteiger partial charge on any atom is 0.290 e. The number of nitrogens with zero attached hydrogens (tertiary/aromatic N) is 4. The molecule has 3 fully saturated rings. The van der Waals surface area contributed by atoms with Gasteiger partial charge in [-0.15, -0.1) is 0 Å². The minimum absolute atomic E-state index is 0.0803. The third-order valence-corrected chi connectivity index (χ3v) is 12.1. The number of hydrogen-bond acceptors (Lipinski definition) is 14. The number of carbonyl (C=O) groups excluding carboxylic acids is 5. The Kier molecular flexibility index (Phi) is 14.8. The van der Waals surface area contributed by atoms with Gasteiger partial charge in [-0.3, -0.25) is 48.8 Å². The summed E-state index contributed by atoms with van der Waals surface area (Å²) in [5.41, 5.74) is 2.76. The van der Waals surface area contributed by atoms with Crippen molar-refractivity contribution in [2.75, 3.05) is 66.6 Å². The van der Waals surface area contributed by atoms with E-state index in [1.54, 1.807) is 50.4 Å². The third-order valence-electron chi connectivity index (χ3n) is 12.1. The highest BCUT2D eigenvalue weighted by Gasteiger charge is 2.85. The average molecular weight is 884 g/mol. The Labute approximate surface area is 369 Å². The number of fused-ring (bicyclic) bond motifs is 2. The van der Waals surface area contributed by atoms with E-state index in [0.29, 0.717) is 41.9 Å². The lowest BCUT2D eigenvalue weighted by Crippen LogP contribution is -2.53. The van der Waals surface area contributed by atoms with Gasteiger partial charge in [0.1, 0.15) is 17.5 Å². The topological polar surface area (TPSA) is 237 Å². The number of imide groups is 1. The summed E-state index contributed by atoms with van der Waals surface area (Å²) in [5.74, 6) is -0.221. The van der Waals surface area contributed by atoms with Crippen LogP contribution in [0.5, 0.6) is 11.5 Å². The molecule has 2 aliphatic carbocycles. The predicted molar refractivity (Wildman–Crippen MR) is 233 cm³/mol. The van der Waals surface area contributed by atoms with Gasteiger partial charge in [0.05, 0.1) is 62.7 Å². The molecule has 64 heavy (non-hydrogen) atoms. The van der Waals surface area contributed by atoms with Crippen molar-refractivity contribution in [2.24, 2.45) is 7.05 Å². The first-order chi connectivity index (χ1) is 30.8. The molecule has 2 aromatic carbocycles. The van der Waals surface area contributed by atoms with Gasteiger partial charge in [0.2, 0.25) is 17.7 Å². The fourth-order valence-electron chi connectivity index (χ4n) is 8.42. The summed E-state index contributed by atoms with van der Waals surface area (Å²) >= 11 is 0. The molecule has 4 amide bonds. The fraction of sp³-hybridized carbons (Fsp3) is 0.422. The van der Waals surface area contributed by atoms with Gasteiger partial charge in [-0.25, -0.2) is 0 Å². The number of hydrogen-bond donors (Lipinski definition) is 4. The summed E-state index contributed by atoms with van der Waals surface area (Å²) in [7, 11) is 8.49. The van der Waals surface area contributed by atoms with Crippen LogP contribution in [0.4, 0.5) is 5.69 Å². The van der Waals surface area contributed by atoms with Gasteiger partial charge in [0.25, 0.3) is 17.9 Å². The molecule has 2 aromatic heterocycles. The van der Waals surface area contributed by atoms with E-state index in [9.17, 15) is 28.8 Å². The second-order valence-electron chi connectivity index (χ2n) is 15.9. The zero-order valence-corrected chi connectivity index (χ0v) is 36.4. The number of likely N-dealkylation sites (N-methyl/N-ethyl adjacent to an activating group) is 2. The normalized spacial score (nSPS) is 19.4. The number of carboxylic acid groups (broad SMARTS) is 1. The van der Waals surface area contributed by atoms with Crippen LogP contribution in [-0.4, -0.2) is 139 Å². The first-order valence-electron chi connectivity index (χ1n) is 20.7. The van der Waals surface area contributed by atoms with E-state index in [0.717, 1.165) is 34.9 Å². The van der Waals surface area contributed by atoms with Gasteiger partial charge in [-0.2, -0.15) is 0 Å². The average Bonchev–Trinajstić information content (AvgIpc) is 4.14. The smallest absolute Gasteiger partial charge is 0.290 e. The number of nitrogens with one attached hydrogen (secondary N) is 3. The van der Waals surface area contributed by atoms with Crippen molar-refractivity contribution in [3.8, 4) is 22.6 Å². The van der Waals surface area contributed by atoms with Gasteiger partial charge in [0, 0.05) is 81.0 Å². The van der Waals surface area contributed by atoms with Crippen LogP contribution in [-0.2, 0) is 42.2 Å². The zero-order chi connectivity index (χ0) is 46.2. The molecule has 4 aromatic rings. The number of ether oxygens (including phenoxy) is 4. The van der Waals surface area contributed by atoms with Crippen LogP contribution in [0.2, 0.25) is 0 Å². The first-order valence-corrected chi connectivity index (χ1v) is 20.7. The Morgan fingerprint density at radius 2 is 1.69 bits per heavy atom. The molecule has 0 spiro atoms. The lowest BCUT2D eigenvalue weighted by molar-refractivity contribution is -0.136. The summed E-state index contributed by atoms with van der Waals surface area (Å²) in [6.07, 6.45) is 7.86. The Hall–Kier alpha value is -6.70. The summed E-state index contributed by atoms with van der Waals surface area (Å²) in [6.45, 7) is 1.68. The van der Waals surface area contributed by atoms with Crippen LogP contribution in [0.25, 0.3) is 21.9 Å². The molecular formula is C45H53N7O12. The Bertz CT molecular complexity index is 2460. The van der Waals surface area contributed by atoms with Gasteiger partial charge in [0.15, 0.2) is 6.29 Å². The molecule has 19 heteroatoms. The molecule has 0 bridgehead atoms. The van der Waals surface area contributed by atoms with Crippen LogP contribution >= 0.6 is 0 Å². The van der Waals surface area contributed by atoms with Crippen LogP contribution in [0.15, 0.2) is 59.8 Å². The number of aryl methyl sites for hydroxylation is 1. The number of aromatic nitrogens is 2. The van der Waals surface area contributed by atoms with Crippen molar-refractivity contribution >= 4 is 52.8 Å². The van der Waals surface area contributed by atoms with Crippen LogP contribution < -0.4 is 31.0 Å². The number of aldehydes is 1. The molecule has 0 radical (unpaired) electrons. The van der Waals surface area contributed by atoms with E-state index in [1.807, 2.05) is 31.4 Å². The Balaban J connectivity index is 0.00000220. The van der Waals surface area contributed by atoms with Gasteiger partial charge >= 0.3 is 0 Å². The Morgan fingerprint density at radius 1 is 1.00 bits per heavy atom. The number of anilines is 1. The second-order valence-corrected chi connectivity index (χ2v) is 15.9. The number of carbonyl (C=O) groups is 6. The highest BCUT2D eigenvalue weighted by Crippen LogP contribution is 2.74. The summed E-state index contributed by atoms with van der Waals surface area (Å²) in [4.78, 5) is 91.0. The number of pyridine rings is 2. The first kappa shape index (κ1) is 46.8. The molecule has 2 saturated carbocycles. The Morgan fingerprint density at radius 3 is 2.34 bits per heavy atom. The maximum absolute atomic E-state index is 13.5. The third kappa shape index (κ3) is 9.75. The monoisotopic (exact) mass is 883 g/mol. The summed E-state index contributed by atoms with van der Waals surface area (Å²) < 4.78 is 24.7. The molecule has 1 saturated heterocycles. The molecule has 3 heterocycles. The van der Waals surface area contributed by atoms with Crippen molar-refractivity contribution in [3.05, 3.63) is 82.0 Å². The molecule has 1 atom stereocenters. The summed E-state index contributed by atoms with van der Waals surface area (Å²) in [5, 5.41) is 16.8. The van der Waals surface area contributed by atoms with E-state index >= 15 is 0 Å². The molecule has 340 valence electrons. The van der Waals surface area contributed by atoms with Crippen molar-refractivity contribution in [1.29, 1.82) is 0 Å². The van der Waals surface area contributed by atoms with Crippen molar-refractivity contribution in [2.45, 2.75) is 55.8 Å². The van der Waals surface area contributed by atoms with Crippen LogP contribution in [0, 0.1) is 0 Å². The minimum atomic E-state index is -0.831. The largest absolute Gasteiger partial charge is 0.496 e. The molecule has 3 aliphatic rings. The second kappa shape index (κ2) is 20.2. The summed E-state index contributed by atoms with van der Waals surface area (Å²) in [6, 6.07) is 9.77. The number of rotatable bonds is 20. The molecule has 1 unspecified atom stereocenters. The lowest BCUT2D eigenvalue weighted by atomic mass is 9.99. The van der Waals surface area contributed by atoms with E-state index in [1.165, 1.54) is 18.0 Å². The number of amides is 4. The zero-order valence-electron chi connectivity index (χ0n) is 36.4. The van der Waals surface area contributed by atoms with Gasteiger partial charge in [-0.05, 0) is 61.5 Å². The fourth-order valence-corrected chi connectivity index (χ4v) is 8.42. The van der Waals surface area contributed by atoms with Crippen molar-refractivity contribution in [1.82, 2.24) is 30.0 Å². The van der Waals surface area contributed by atoms with Crippen molar-refractivity contribution in [3.63, 3.8) is 0 Å². The van der Waals surface area contributed by atoms with Crippen LogP contribution in [0.3, 0.4) is 0 Å². The van der Waals surface area contributed by atoms with E-state index < -0.39 is 17.9 Å². The standard InChI is InChI=1S/C44H51N7O10.CH2O2/c1-49-22-31(29-11-13-45-21-30(29)41(49)56)28-19-35(58-4)32(36(20-28)59-5)23-50(2)44-25-43(44,26-44)48-38(54)12-15-60-17-18-61-16-14-46-33-8-6-7-27(24-52)39(33)42(57)51(3)34-9-10-37(53)47-40(34)55;2-1-3/h6-8,11,13,19-22,24,34,46H,9-10,12,14-18,23,25-26H2,1-5H3,(H,48,54)(H,47,53,55);1H,(H,2,3). The van der Waals surface area contributed by atoms with Crippen molar-refractivity contribution < 1.29 is 52.8 Å². The van der Waals surface area contributed by atoms with E-state index in [-0.39, 0.29) is 91.7 Å². The molecule has 19 nitrogen and oxygen atoms in total. The van der Waals surface area contributed by atoms with Gasteiger partial charge in [-0.1, -0.05) is 12.1 Å². The number of methoxy groups -OCH3 is 2. The minimum Gasteiger partial charge on any atom is -0.496 e.